The van der Waals surface area contributed by atoms with Gasteiger partial charge in [0.25, 0.3) is 0 Å². The molecule has 2 bridgehead atoms. The summed E-state index contributed by atoms with van der Waals surface area (Å²) in [4.78, 5) is 40.4. The molecule has 2 aromatic rings. The normalized spacial score (nSPS) is 20.7. The molecule has 4 rings (SSSR count). The van der Waals surface area contributed by atoms with Gasteiger partial charge in [-0.2, -0.15) is 0 Å². The van der Waals surface area contributed by atoms with Gasteiger partial charge in [-0.15, -0.1) is 0 Å². The second-order valence-corrected chi connectivity index (χ2v) is 11.4. The Balaban J connectivity index is 1.90. The van der Waals surface area contributed by atoms with Crippen molar-refractivity contribution >= 4 is 17.8 Å². The van der Waals surface area contributed by atoms with Crippen LogP contribution in [0.5, 0.6) is 5.75 Å². The van der Waals surface area contributed by atoms with Crippen LogP contribution in [-0.4, -0.2) is 36.1 Å². The summed E-state index contributed by atoms with van der Waals surface area (Å²) in [5, 5.41) is 2.94. The molecule has 0 radical (unpaired) electrons. The van der Waals surface area contributed by atoms with Gasteiger partial charge in [0.05, 0.1) is 18.4 Å². The highest BCUT2D eigenvalue weighted by Gasteiger charge is 2.38. The fourth-order valence-electron chi connectivity index (χ4n) is 4.57. The molecule has 0 aliphatic carbocycles. The first kappa shape index (κ1) is 29.2. The molecule has 0 aromatic heterocycles. The minimum absolute atomic E-state index is 0.106. The van der Waals surface area contributed by atoms with E-state index in [1.165, 1.54) is 0 Å². The molecule has 0 spiro atoms. The van der Waals surface area contributed by atoms with Crippen molar-refractivity contribution in [2.75, 3.05) is 6.61 Å². The third-order valence-corrected chi connectivity index (χ3v) is 6.37. The number of esters is 2. The van der Waals surface area contributed by atoms with Crippen LogP contribution >= 0.6 is 0 Å². The van der Waals surface area contributed by atoms with Crippen LogP contribution in [0.1, 0.15) is 65.0 Å². The number of nitrogens with one attached hydrogen (secondary N) is 1. The largest absolute Gasteiger partial charge is 0.494 e. The Bertz CT molecular complexity index is 1060. The minimum atomic E-state index is -0.908. The average Bonchev–Trinajstić information content (AvgIpc) is 2.85. The molecule has 1 N–H and O–H groups in total. The number of carbonyl (C=O) groups excluding carboxylic acids is 3. The van der Waals surface area contributed by atoms with Crippen LogP contribution in [0, 0.1) is 17.8 Å². The first-order chi connectivity index (χ1) is 18.0. The summed E-state index contributed by atoms with van der Waals surface area (Å²) in [5.74, 6) is -1.72. The maximum atomic E-state index is 13.8. The fourth-order valence-corrected chi connectivity index (χ4v) is 4.57. The molecule has 1 amide bonds. The molecule has 2 aliphatic rings. The summed E-state index contributed by atoms with van der Waals surface area (Å²) < 4.78 is 17.2. The van der Waals surface area contributed by atoms with Crippen molar-refractivity contribution < 1.29 is 28.6 Å². The lowest BCUT2D eigenvalue weighted by Crippen LogP contribution is -2.48. The highest BCUT2D eigenvalue weighted by molar-refractivity contribution is 5.89. The second kappa shape index (κ2) is 13.4. The quantitative estimate of drug-likeness (QED) is 0.520. The summed E-state index contributed by atoms with van der Waals surface area (Å²) in [5.41, 5.74) is 1.04. The lowest BCUT2D eigenvalue weighted by atomic mass is 9.81. The Morgan fingerprint density at radius 3 is 2.34 bits per heavy atom. The van der Waals surface area contributed by atoms with Crippen molar-refractivity contribution in [3.8, 4) is 5.75 Å². The summed E-state index contributed by atoms with van der Waals surface area (Å²) >= 11 is 0. The van der Waals surface area contributed by atoms with E-state index in [1.807, 2.05) is 89.2 Å². The number of ether oxygens (including phenoxy) is 3. The van der Waals surface area contributed by atoms with Gasteiger partial charge >= 0.3 is 11.9 Å². The molecule has 2 aromatic carbocycles. The summed E-state index contributed by atoms with van der Waals surface area (Å²) in [6.07, 6.45) is 1.75. The third-order valence-electron chi connectivity index (χ3n) is 6.37. The van der Waals surface area contributed by atoms with Gasteiger partial charge in [0, 0.05) is 6.42 Å². The Morgan fingerprint density at radius 1 is 1.03 bits per heavy atom. The molecule has 0 fully saturated rings. The van der Waals surface area contributed by atoms with Crippen LogP contribution in [0.25, 0.3) is 0 Å². The summed E-state index contributed by atoms with van der Waals surface area (Å²) in [6.45, 7) is 10.0. The van der Waals surface area contributed by atoms with Gasteiger partial charge in [-0.05, 0) is 69.2 Å². The fraction of sp³-hybridized carbons (Fsp3) is 0.516. The molecule has 0 saturated carbocycles. The molecule has 2 heterocycles. The van der Waals surface area contributed by atoms with Gasteiger partial charge in [-0.1, -0.05) is 56.3 Å². The van der Waals surface area contributed by atoms with Gasteiger partial charge in [-0.3, -0.25) is 9.59 Å². The SMILES string of the molecule is CC(C)C[C@H]1C(=O)N[C@H](C(=O)OCc2ccccc2)Cc2ccc(cc2)OCCCC1C(=O)OC(C)(C)C. The van der Waals surface area contributed by atoms with Crippen molar-refractivity contribution in [2.45, 2.75) is 78.6 Å². The Labute approximate surface area is 226 Å². The van der Waals surface area contributed by atoms with Crippen LogP contribution < -0.4 is 10.1 Å². The van der Waals surface area contributed by atoms with E-state index in [2.05, 4.69) is 5.32 Å². The van der Waals surface area contributed by atoms with E-state index in [1.54, 1.807) is 0 Å². The van der Waals surface area contributed by atoms with E-state index < -0.39 is 35.4 Å². The van der Waals surface area contributed by atoms with Gasteiger partial charge < -0.3 is 19.5 Å². The predicted octanol–water partition coefficient (Wildman–Crippen LogP) is 5.25. The third kappa shape index (κ3) is 9.19. The van der Waals surface area contributed by atoms with Crippen molar-refractivity contribution in [1.82, 2.24) is 5.32 Å². The van der Waals surface area contributed by atoms with Crippen molar-refractivity contribution in [2.24, 2.45) is 17.8 Å². The number of amides is 1. The van der Waals surface area contributed by atoms with Gasteiger partial charge in [0.1, 0.15) is 24.0 Å². The van der Waals surface area contributed by atoms with Gasteiger partial charge in [0.2, 0.25) is 5.91 Å². The van der Waals surface area contributed by atoms with E-state index in [0.717, 1.165) is 11.1 Å². The molecule has 2 aliphatic heterocycles. The van der Waals surface area contributed by atoms with Gasteiger partial charge in [-0.25, -0.2) is 4.79 Å². The van der Waals surface area contributed by atoms with Crippen molar-refractivity contribution in [3.63, 3.8) is 0 Å². The van der Waals surface area contributed by atoms with E-state index in [0.29, 0.717) is 31.6 Å². The van der Waals surface area contributed by atoms with E-state index >= 15 is 0 Å². The highest BCUT2D eigenvalue weighted by atomic mass is 16.6. The maximum Gasteiger partial charge on any atom is 0.329 e. The number of fused-ring (bicyclic) bond motifs is 11. The lowest BCUT2D eigenvalue weighted by molar-refractivity contribution is -0.164. The Hall–Kier alpha value is -3.35. The first-order valence-electron chi connectivity index (χ1n) is 13.5. The second-order valence-electron chi connectivity index (χ2n) is 11.4. The molecule has 1 unspecified atom stereocenters. The number of hydrogen-bond donors (Lipinski definition) is 1. The van der Waals surface area contributed by atoms with Crippen LogP contribution in [0.3, 0.4) is 0 Å². The number of hydrogen-bond acceptors (Lipinski definition) is 6. The average molecular weight is 524 g/mol. The van der Waals surface area contributed by atoms with Gasteiger partial charge in [0.15, 0.2) is 0 Å². The zero-order valence-electron chi connectivity index (χ0n) is 23.2. The van der Waals surface area contributed by atoms with E-state index in [-0.39, 0.29) is 24.9 Å². The number of carbonyl (C=O) groups is 3. The lowest BCUT2D eigenvalue weighted by Gasteiger charge is -2.31. The molecule has 0 saturated heterocycles. The topological polar surface area (TPSA) is 90.9 Å². The smallest absolute Gasteiger partial charge is 0.329 e. The van der Waals surface area contributed by atoms with Crippen LogP contribution in [0.4, 0.5) is 0 Å². The molecule has 7 nitrogen and oxygen atoms in total. The minimum Gasteiger partial charge on any atom is -0.494 e. The van der Waals surface area contributed by atoms with Crippen molar-refractivity contribution in [3.05, 3.63) is 65.7 Å². The predicted molar refractivity (Wildman–Crippen MR) is 145 cm³/mol. The molecule has 7 heteroatoms. The zero-order chi connectivity index (χ0) is 27.7. The van der Waals surface area contributed by atoms with Crippen molar-refractivity contribution in [1.29, 1.82) is 0 Å². The summed E-state index contributed by atoms with van der Waals surface area (Å²) in [7, 11) is 0. The monoisotopic (exact) mass is 523 g/mol. The summed E-state index contributed by atoms with van der Waals surface area (Å²) in [6, 6.07) is 16.0. The molecule has 206 valence electrons. The maximum absolute atomic E-state index is 13.8. The first-order valence-corrected chi connectivity index (χ1v) is 13.5. The van der Waals surface area contributed by atoms with Crippen LogP contribution in [0.2, 0.25) is 0 Å². The molecule has 38 heavy (non-hydrogen) atoms. The number of rotatable bonds is 6. The van der Waals surface area contributed by atoms with Crippen LogP contribution in [-0.2, 0) is 36.9 Å². The van der Waals surface area contributed by atoms with E-state index in [9.17, 15) is 14.4 Å². The highest BCUT2D eigenvalue weighted by Crippen LogP contribution is 2.29. The van der Waals surface area contributed by atoms with E-state index in [4.69, 9.17) is 14.2 Å². The zero-order valence-corrected chi connectivity index (χ0v) is 23.2. The Morgan fingerprint density at radius 2 is 1.71 bits per heavy atom. The Kier molecular flexibility index (Phi) is 10.3. The van der Waals surface area contributed by atoms with Crippen LogP contribution in [0.15, 0.2) is 54.6 Å². The number of benzene rings is 2. The molecular weight excluding hydrogens is 482 g/mol. The standard InChI is InChI=1S/C31H41NO6/c1-21(2)18-26-25(29(34)38-31(3,4)5)12-9-17-36-24-15-13-22(14-16-24)19-27(32-28(26)33)30(35)37-20-23-10-7-6-8-11-23/h6-8,10-11,13-16,21,25-27H,9,12,17-20H2,1-5H3,(H,32,33)/t25?,26-,27+/m1/s1. The molecule has 3 atom stereocenters. The molecular formula is C31H41NO6.